The topological polar surface area (TPSA) is 74.7 Å². The van der Waals surface area contributed by atoms with Gasteiger partial charge in [0.1, 0.15) is 5.75 Å². The smallest absolute Gasteiger partial charge is 0.337 e. The number of carboxylic acids is 1. The maximum Gasteiger partial charge on any atom is 0.337 e. The summed E-state index contributed by atoms with van der Waals surface area (Å²) in [7, 11) is 3.75. The minimum Gasteiger partial charge on any atom is -0.493 e. The quantitative estimate of drug-likeness (QED) is 0.582. The number of fused-ring (bicyclic) bond motifs is 1. The van der Waals surface area contributed by atoms with E-state index in [1.54, 1.807) is 7.05 Å². The Morgan fingerprint density at radius 2 is 1.84 bits per heavy atom. The van der Waals surface area contributed by atoms with E-state index >= 15 is 0 Å². The molecule has 0 unspecified atom stereocenters. The summed E-state index contributed by atoms with van der Waals surface area (Å²) < 4.78 is 5.65. The molecule has 1 aromatic heterocycles. The first-order valence-corrected chi connectivity index (χ1v) is 10.3. The maximum atomic E-state index is 10.5. The molecule has 4 rings (SSSR count). The number of nitrogens with one attached hydrogen (secondary N) is 1. The van der Waals surface area contributed by atoms with Gasteiger partial charge in [-0.3, -0.25) is 4.98 Å². The molecule has 0 bridgehead atoms. The molecule has 0 saturated carbocycles. The third-order valence-corrected chi connectivity index (χ3v) is 5.33. The lowest BCUT2D eigenvalue weighted by atomic mass is 10.0. The van der Waals surface area contributed by atoms with Crippen LogP contribution in [0, 0.1) is 0 Å². The molecular weight excluding hydrogens is 390 g/mol. The molecule has 31 heavy (non-hydrogen) atoms. The SMILES string of the molecule is CC(C)c1ccc(N(C)c2ccc3c(c2)OCC3)cc1.CNc1cnccc1C(=O)O. The summed E-state index contributed by atoms with van der Waals surface area (Å²) in [5.74, 6) is 0.660. The molecule has 2 N–H and O–H groups in total. The Hall–Kier alpha value is -3.54. The molecule has 2 aromatic carbocycles. The third-order valence-electron chi connectivity index (χ3n) is 5.33. The van der Waals surface area contributed by atoms with Gasteiger partial charge in [0.15, 0.2) is 0 Å². The molecule has 3 aromatic rings. The Bertz CT molecular complexity index is 1030. The Kier molecular flexibility index (Phi) is 7.13. The predicted octanol–water partition coefficient (Wildman–Crippen LogP) is 5.33. The Morgan fingerprint density at radius 1 is 1.13 bits per heavy atom. The van der Waals surface area contributed by atoms with Gasteiger partial charge in [-0.05, 0) is 41.3 Å². The van der Waals surface area contributed by atoms with Crippen molar-refractivity contribution < 1.29 is 14.6 Å². The molecule has 0 spiro atoms. The highest BCUT2D eigenvalue weighted by molar-refractivity contribution is 5.93. The van der Waals surface area contributed by atoms with Crippen LogP contribution in [-0.2, 0) is 6.42 Å². The Morgan fingerprint density at radius 3 is 2.45 bits per heavy atom. The van der Waals surface area contributed by atoms with Gasteiger partial charge >= 0.3 is 5.97 Å². The van der Waals surface area contributed by atoms with Crippen LogP contribution < -0.4 is 15.0 Å². The van der Waals surface area contributed by atoms with Gasteiger partial charge < -0.3 is 20.1 Å². The summed E-state index contributed by atoms with van der Waals surface area (Å²) in [5.41, 5.74) is 5.83. The molecule has 6 heteroatoms. The molecule has 2 heterocycles. The van der Waals surface area contributed by atoms with Crippen molar-refractivity contribution in [3.05, 3.63) is 77.6 Å². The van der Waals surface area contributed by atoms with Crippen LogP contribution in [0.3, 0.4) is 0 Å². The van der Waals surface area contributed by atoms with Crippen LogP contribution in [0.2, 0.25) is 0 Å². The molecule has 0 radical (unpaired) electrons. The first kappa shape index (κ1) is 22.2. The summed E-state index contributed by atoms with van der Waals surface area (Å²) in [4.78, 5) is 16.5. The number of rotatable bonds is 5. The van der Waals surface area contributed by atoms with E-state index in [0.717, 1.165) is 18.8 Å². The fraction of sp³-hybridized carbons (Fsp3) is 0.280. The van der Waals surface area contributed by atoms with Crippen LogP contribution in [0.25, 0.3) is 0 Å². The zero-order chi connectivity index (χ0) is 22.4. The zero-order valence-electron chi connectivity index (χ0n) is 18.4. The second kappa shape index (κ2) is 9.98. The van der Waals surface area contributed by atoms with Crippen LogP contribution in [0.5, 0.6) is 5.75 Å². The van der Waals surface area contributed by atoms with Gasteiger partial charge in [-0.25, -0.2) is 4.79 Å². The standard InChI is InChI=1S/C18H21NO.C7H8N2O2/c1-13(2)14-4-7-16(8-5-14)19(3)17-9-6-15-10-11-20-18(15)12-17;1-8-6-4-9-3-2-5(6)7(10)11/h4-9,12-13H,10-11H2,1-3H3;2-4,8H,1H3,(H,10,11). The van der Waals surface area contributed by atoms with E-state index in [0.29, 0.717) is 11.6 Å². The van der Waals surface area contributed by atoms with Crippen LogP contribution in [0.15, 0.2) is 60.9 Å². The van der Waals surface area contributed by atoms with Crippen LogP contribution in [0.1, 0.15) is 41.3 Å². The molecule has 0 aliphatic carbocycles. The van der Waals surface area contributed by atoms with Crippen molar-refractivity contribution in [3.63, 3.8) is 0 Å². The van der Waals surface area contributed by atoms with Gasteiger partial charge in [-0.15, -0.1) is 0 Å². The van der Waals surface area contributed by atoms with Crippen molar-refractivity contribution in [2.24, 2.45) is 0 Å². The molecule has 0 amide bonds. The highest BCUT2D eigenvalue weighted by atomic mass is 16.5. The lowest BCUT2D eigenvalue weighted by Crippen LogP contribution is -2.09. The number of nitrogens with zero attached hydrogens (tertiary/aromatic N) is 2. The van der Waals surface area contributed by atoms with Gasteiger partial charge in [0.2, 0.25) is 0 Å². The molecule has 162 valence electrons. The number of carbonyl (C=O) groups is 1. The fourth-order valence-corrected chi connectivity index (χ4v) is 3.38. The van der Waals surface area contributed by atoms with Crippen LogP contribution in [-0.4, -0.2) is 36.8 Å². The monoisotopic (exact) mass is 419 g/mol. The minimum absolute atomic E-state index is 0.238. The highest BCUT2D eigenvalue weighted by Crippen LogP contribution is 2.32. The number of anilines is 3. The number of ether oxygens (including phenoxy) is 1. The second-order valence-corrected chi connectivity index (χ2v) is 7.67. The van der Waals surface area contributed by atoms with E-state index in [2.05, 4.69) is 78.6 Å². The van der Waals surface area contributed by atoms with Gasteiger partial charge in [0.05, 0.1) is 24.1 Å². The number of pyridine rings is 1. The third kappa shape index (κ3) is 5.34. The van der Waals surface area contributed by atoms with Crippen LogP contribution in [0.4, 0.5) is 17.1 Å². The Labute approximate surface area is 183 Å². The Balaban J connectivity index is 0.000000210. The van der Waals surface area contributed by atoms with E-state index < -0.39 is 5.97 Å². The highest BCUT2D eigenvalue weighted by Gasteiger charge is 2.14. The molecule has 1 aliphatic rings. The number of aromatic nitrogens is 1. The zero-order valence-corrected chi connectivity index (χ0v) is 18.4. The fourth-order valence-electron chi connectivity index (χ4n) is 3.38. The normalized spacial score (nSPS) is 11.8. The van der Waals surface area contributed by atoms with Crippen molar-refractivity contribution in [1.29, 1.82) is 0 Å². The van der Waals surface area contributed by atoms with Gasteiger partial charge in [0, 0.05) is 44.2 Å². The number of hydrogen-bond donors (Lipinski definition) is 2. The van der Waals surface area contributed by atoms with Crippen molar-refractivity contribution in [3.8, 4) is 5.75 Å². The largest absolute Gasteiger partial charge is 0.493 e. The average molecular weight is 420 g/mol. The van der Waals surface area contributed by atoms with Crippen molar-refractivity contribution >= 4 is 23.0 Å². The number of carboxylic acid groups (broad SMARTS) is 1. The summed E-state index contributed by atoms with van der Waals surface area (Å²) in [6, 6.07) is 16.7. The summed E-state index contributed by atoms with van der Waals surface area (Å²) >= 11 is 0. The lowest BCUT2D eigenvalue weighted by molar-refractivity contribution is 0.0698. The number of hydrogen-bond acceptors (Lipinski definition) is 5. The van der Waals surface area contributed by atoms with Gasteiger partial charge in [-0.2, -0.15) is 0 Å². The van der Waals surface area contributed by atoms with E-state index in [4.69, 9.17) is 9.84 Å². The predicted molar refractivity (Wildman–Crippen MR) is 125 cm³/mol. The molecule has 1 aliphatic heterocycles. The van der Waals surface area contributed by atoms with Crippen molar-refractivity contribution in [2.75, 3.05) is 30.9 Å². The van der Waals surface area contributed by atoms with Crippen molar-refractivity contribution in [1.82, 2.24) is 4.98 Å². The first-order chi connectivity index (χ1) is 14.9. The second-order valence-electron chi connectivity index (χ2n) is 7.67. The molecular formula is C25H29N3O3. The van der Waals surface area contributed by atoms with Crippen molar-refractivity contribution in [2.45, 2.75) is 26.2 Å². The molecule has 6 nitrogen and oxygen atoms in total. The van der Waals surface area contributed by atoms with Gasteiger partial charge in [0.25, 0.3) is 0 Å². The molecule has 0 fully saturated rings. The van der Waals surface area contributed by atoms with E-state index in [1.807, 2.05) is 0 Å². The van der Waals surface area contributed by atoms with E-state index in [-0.39, 0.29) is 5.56 Å². The summed E-state index contributed by atoms with van der Waals surface area (Å²) in [6.45, 7) is 5.25. The summed E-state index contributed by atoms with van der Waals surface area (Å²) in [5, 5.41) is 11.4. The minimum atomic E-state index is -0.947. The number of benzene rings is 2. The maximum absolute atomic E-state index is 10.5. The first-order valence-electron chi connectivity index (χ1n) is 10.3. The number of aromatic carboxylic acids is 1. The van der Waals surface area contributed by atoms with Gasteiger partial charge in [-0.1, -0.05) is 32.0 Å². The summed E-state index contributed by atoms with van der Waals surface area (Å²) in [6.07, 6.45) is 3.95. The lowest BCUT2D eigenvalue weighted by Gasteiger charge is -2.21. The van der Waals surface area contributed by atoms with E-state index in [1.165, 1.54) is 41.0 Å². The average Bonchev–Trinajstić information content (AvgIpc) is 3.27. The van der Waals surface area contributed by atoms with Crippen LogP contribution >= 0.6 is 0 Å². The molecule has 0 atom stereocenters. The van der Waals surface area contributed by atoms with E-state index in [9.17, 15) is 4.79 Å². The molecule has 0 saturated heterocycles.